The summed E-state index contributed by atoms with van der Waals surface area (Å²) in [5.74, 6) is 1.06. The minimum Gasteiger partial charge on any atom is -0.496 e. The Kier molecular flexibility index (Phi) is 3.21. The van der Waals surface area contributed by atoms with E-state index in [1.807, 2.05) is 0 Å². The van der Waals surface area contributed by atoms with Crippen LogP contribution in [0.2, 0.25) is 0 Å². The first-order chi connectivity index (χ1) is 10.4. The number of benzene rings is 1. The lowest BCUT2D eigenvalue weighted by Gasteiger charge is -2.22. The smallest absolute Gasteiger partial charge is 0.338 e. The van der Waals surface area contributed by atoms with Crippen molar-refractivity contribution in [1.82, 2.24) is 21.1 Å². The standard InChI is InChI=1S/C13H14N4O4S/c1-21-11-5-8(22(2,19)20)3-4-9(11)10-7-17-12(15-10)6-14-13(18)16-17/h3-7,15H,1-2H3,(H2,14,16,18). The van der Waals surface area contributed by atoms with Crippen LogP contribution in [0.3, 0.4) is 0 Å². The van der Waals surface area contributed by atoms with Gasteiger partial charge in [0.05, 0.1) is 23.9 Å². The third-order valence-corrected chi connectivity index (χ3v) is 4.34. The zero-order valence-corrected chi connectivity index (χ0v) is 12.7. The molecule has 0 saturated carbocycles. The van der Waals surface area contributed by atoms with Crippen LogP contribution in [-0.2, 0) is 9.84 Å². The van der Waals surface area contributed by atoms with E-state index in [2.05, 4.69) is 16.1 Å². The molecule has 116 valence electrons. The second kappa shape index (κ2) is 4.95. The summed E-state index contributed by atoms with van der Waals surface area (Å²) >= 11 is 0. The average molecular weight is 322 g/mol. The highest BCUT2D eigenvalue weighted by atomic mass is 32.2. The second-order valence-electron chi connectivity index (χ2n) is 4.79. The van der Waals surface area contributed by atoms with Gasteiger partial charge in [-0.15, -0.1) is 0 Å². The van der Waals surface area contributed by atoms with Gasteiger partial charge in [-0.2, -0.15) is 0 Å². The van der Waals surface area contributed by atoms with Gasteiger partial charge in [-0.3, -0.25) is 0 Å². The van der Waals surface area contributed by atoms with Crippen molar-refractivity contribution in [3.05, 3.63) is 42.0 Å². The van der Waals surface area contributed by atoms with E-state index < -0.39 is 9.84 Å². The molecule has 2 amide bonds. The van der Waals surface area contributed by atoms with Crippen LogP contribution in [0.1, 0.15) is 5.56 Å². The molecule has 0 fully saturated rings. The fraction of sp³-hybridized carbons (Fsp3) is 0.154. The first-order valence-electron chi connectivity index (χ1n) is 6.32. The molecule has 9 heteroatoms. The molecule has 0 atom stereocenters. The van der Waals surface area contributed by atoms with Gasteiger partial charge < -0.3 is 15.4 Å². The SMILES string of the molecule is COc1cc(S(C)(=O)=O)ccc1C1=CN2NC(=O)NC=C2N1. The number of urea groups is 1. The van der Waals surface area contributed by atoms with E-state index in [9.17, 15) is 13.2 Å². The molecule has 3 rings (SSSR count). The van der Waals surface area contributed by atoms with Crippen molar-refractivity contribution in [2.24, 2.45) is 0 Å². The maximum absolute atomic E-state index is 11.6. The molecular formula is C13H14N4O4S. The van der Waals surface area contributed by atoms with E-state index in [4.69, 9.17) is 4.74 Å². The first kappa shape index (κ1) is 14.3. The Morgan fingerprint density at radius 3 is 2.73 bits per heavy atom. The zero-order chi connectivity index (χ0) is 15.9. The molecule has 2 aliphatic heterocycles. The largest absolute Gasteiger partial charge is 0.496 e. The summed E-state index contributed by atoms with van der Waals surface area (Å²) in [6, 6.07) is 4.29. The molecule has 1 aromatic rings. The summed E-state index contributed by atoms with van der Waals surface area (Å²) in [7, 11) is -1.84. The van der Waals surface area contributed by atoms with Crippen molar-refractivity contribution < 1.29 is 17.9 Å². The lowest BCUT2D eigenvalue weighted by Crippen LogP contribution is -2.47. The molecule has 0 aromatic heterocycles. The van der Waals surface area contributed by atoms with E-state index in [0.29, 0.717) is 22.8 Å². The summed E-state index contributed by atoms with van der Waals surface area (Å²) in [5, 5.41) is 7.15. The van der Waals surface area contributed by atoms with Gasteiger partial charge in [-0.1, -0.05) is 0 Å². The Bertz CT molecular complexity index is 813. The predicted molar refractivity (Wildman–Crippen MR) is 78.8 cm³/mol. The van der Waals surface area contributed by atoms with Crippen molar-refractivity contribution in [3.8, 4) is 5.75 Å². The predicted octanol–water partition coefficient (Wildman–Crippen LogP) is 0.329. The van der Waals surface area contributed by atoms with E-state index in [-0.39, 0.29) is 10.9 Å². The van der Waals surface area contributed by atoms with Crippen molar-refractivity contribution >= 4 is 21.6 Å². The van der Waals surface area contributed by atoms with E-state index in [1.165, 1.54) is 30.5 Å². The fourth-order valence-electron chi connectivity index (χ4n) is 2.16. The van der Waals surface area contributed by atoms with E-state index >= 15 is 0 Å². The molecule has 0 spiro atoms. The van der Waals surface area contributed by atoms with Crippen LogP contribution < -0.4 is 20.8 Å². The zero-order valence-electron chi connectivity index (χ0n) is 11.9. The quantitative estimate of drug-likeness (QED) is 0.741. The molecule has 2 aliphatic rings. The monoisotopic (exact) mass is 322 g/mol. The van der Waals surface area contributed by atoms with Crippen LogP contribution in [0.15, 0.2) is 41.3 Å². The number of hydrogen-bond acceptors (Lipinski definition) is 6. The van der Waals surface area contributed by atoms with Crippen molar-refractivity contribution in [1.29, 1.82) is 0 Å². The van der Waals surface area contributed by atoms with Crippen LogP contribution in [0.5, 0.6) is 5.75 Å². The molecule has 0 bridgehead atoms. The maximum Gasteiger partial charge on any atom is 0.338 e. The first-order valence-corrected chi connectivity index (χ1v) is 8.21. The van der Waals surface area contributed by atoms with Crippen LogP contribution >= 0.6 is 0 Å². The molecular weight excluding hydrogens is 308 g/mol. The number of rotatable bonds is 3. The van der Waals surface area contributed by atoms with Crippen molar-refractivity contribution in [3.63, 3.8) is 0 Å². The summed E-state index contributed by atoms with van der Waals surface area (Å²) in [4.78, 5) is 11.4. The minimum absolute atomic E-state index is 0.179. The van der Waals surface area contributed by atoms with Gasteiger partial charge >= 0.3 is 6.03 Å². The summed E-state index contributed by atoms with van der Waals surface area (Å²) < 4.78 is 28.5. The Labute approximate surface area is 127 Å². The number of methoxy groups -OCH3 is 1. The second-order valence-corrected chi connectivity index (χ2v) is 6.80. The molecule has 8 nitrogen and oxygen atoms in total. The van der Waals surface area contributed by atoms with E-state index in [0.717, 1.165) is 6.26 Å². The van der Waals surface area contributed by atoms with Crippen molar-refractivity contribution in [2.75, 3.05) is 13.4 Å². The number of hydrazine groups is 1. The highest BCUT2D eigenvalue weighted by Gasteiger charge is 2.25. The Balaban J connectivity index is 1.99. The summed E-state index contributed by atoms with van der Waals surface area (Å²) in [6.45, 7) is 0. The number of hydrogen-bond donors (Lipinski definition) is 3. The number of carbonyl (C=O) groups excluding carboxylic acids is 1. The minimum atomic E-state index is -3.31. The van der Waals surface area contributed by atoms with Crippen LogP contribution in [-0.4, -0.2) is 32.8 Å². The normalized spacial score (nSPS) is 16.8. The molecule has 3 N–H and O–H groups in total. The van der Waals surface area contributed by atoms with Gasteiger partial charge in [0, 0.05) is 18.0 Å². The van der Waals surface area contributed by atoms with Crippen molar-refractivity contribution in [2.45, 2.75) is 4.90 Å². The molecule has 0 radical (unpaired) electrons. The number of fused-ring (bicyclic) bond motifs is 1. The number of sulfone groups is 1. The lowest BCUT2D eigenvalue weighted by molar-refractivity contribution is 0.218. The topological polar surface area (TPSA) is 99.8 Å². The average Bonchev–Trinajstić information content (AvgIpc) is 2.88. The number of nitrogens with zero attached hydrogens (tertiary/aromatic N) is 1. The molecule has 1 aromatic carbocycles. The number of carbonyl (C=O) groups is 1. The summed E-state index contributed by atoms with van der Waals surface area (Å²) in [6.07, 6.45) is 4.35. The lowest BCUT2D eigenvalue weighted by atomic mass is 10.1. The van der Waals surface area contributed by atoms with Gasteiger partial charge in [0.25, 0.3) is 0 Å². The van der Waals surface area contributed by atoms with Gasteiger partial charge in [0.15, 0.2) is 9.84 Å². The maximum atomic E-state index is 11.6. The molecule has 0 aliphatic carbocycles. The number of amides is 2. The van der Waals surface area contributed by atoms with Gasteiger partial charge in [0.2, 0.25) is 0 Å². The number of ether oxygens (including phenoxy) is 1. The third-order valence-electron chi connectivity index (χ3n) is 3.23. The highest BCUT2D eigenvalue weighted by Crippen LogP contribution is 2.31. The van der Waals surface area contributed by atoms with E-state index in [1.54, 1.807) is 12.3 Å². The highest BCUT2D eigenvalue weighted by molar-refractivity contribution is 7.90. The van der Waals surface area contributed by atoms with Crippen LogP contribution in [0.25, 0.3) is 5.70 Å². The Morgan fingerprint density at radius 2 is 2.05 bits per heavy atom. The van der Waals surface area contributed by atoms with Crippen LogP contribution in [0.4, 0.5) is 4.79 Å². The molecule has 0 unspecified atom stereocenters. The van der Waals surface area contributed by atoms with Gasteiger partial charge in [-0.05, 0) is 18.2 Å². The Morgan fingerprint density at radius 1 is 1.27 bits per heavy atom. The third kappa shape index (κ3) is 2.46. The molecule has 22 heavy (non-hydrogen) atoms. The van der Waals surface area contributed by atoms with Gasteiger partial charge in [-0.25, -0.2) is 23.6 Å². The summed E-state index contributed by atoms with van der Waals surface area (Å²) in [5.41, 5.74) is 3.94. The Hall–Kier alpha value is -2.68. The van der Waals surface area contributed by atoms with Gasteiger partial charge in [0.1, 0.15) is 11.6 Å². The van der Waals surface area contributed by atoms with Crippen LogP contribution in [0, 0.1) is 0 Å². The molecule has 0 saturated heterocycles. The number of nitrogens with one attached hydrogen (secondary N) is 3. The molecule has 2 heterocycles. The fourth-order valence-corrected chi connectivity index (χ4v) is 2.80.